The summed E-state index contributed by atoms with van der Waals surface area (Å²) in [7, 11) is 0. The van der Waals surface area contributed by atoms with Gasteiger partial charge in [0.25, 0.3) is 0 Å². The minimum Gasteiger partial charge on any atom is -0.351 e. The number of hydrogen-bond donors (Lipinski definition) is 2. The third-order valence-corrected chi connectivity index (χ3v) is 4.89. The second kappa shape index (κ2) is 8.00. The summed E-state index contributed by atoms with van der Waals surface area (Å²) in [5.41, 5.74) is 8.75. The SMILES string of the molecule is Cc1cc(C)cc(-n2nnnc2SC(C(=O)NC(N)=O)c2ccccc2)c1. The minimum absolute atomic E-state index is 0.425. The quantitative estimate of drug-likeness (QED) is 0.654. The predicted octanol–water partition coefficient (Wildman–Crippen LogP) is 2.31. The van der Waals surface area contributed by atoms with E-state index < -0.39 is 17.2 Å². The van der Waals surface area contributed by atoms with Crippen LogP contribution in [-0.2, 0) is 4.79 Å². The molecule has 1 heterocycles. The Kier molecular flexibility index (Phi) is 5.51. The number of tetrazole rings is 1. The lowest BCUT2D eigenvalue weighted by Crippen LogP contribution is -2.37. The highest BCUT2D eigenvalue weighted by molar-refractivity contribution is 8.00. The number of urea groups is 1. The van der Waals surface area contributed by atoms with Gasteiger partial charge in [0.15, 0.2) is 0 Å². The van der Waals surface area contributed by atoms with Crippen molar-refractivity contribution in [2.24, 2.45) is 5.73 Å². The number of nitrogens with zero attached hydrogens (tertiary/aromatic N) is 4. The van der Waals surface area contributed by atoms with Crippen LogP contribution in [0, 0.1) is 13.8 Å². The number of rotatable bonds is 5. The maximum absolute atomic E-state index is 12.5. The second-order valence-corrected chi connectivity index (χ2v) is 7.05. The molecular formula is C18H18N6O2S. The van der Waals surface area contributed by atoms with Gasteiger partial charge in [0, 0.05) is 0 Å². The van der Waals surface area contributed by atoms with E-state index in [-0.39, 0.29) is 0 Å². The highest BCUT2D eigenvalue weighted by Gasteiger charge is 2.26. The summed E-state index contributed by atoms with van der Waals surface area (Å²) in [6.07, 6.45) is 0. The first-order valence-electron chi connectivity index (χ1n) is 8.13. The van der Waals surface area contributed by atoms with Crippen LogP contribution in [0.5, 0.6) is 0 Å². The molecule has 1 atom stereocenters. The molecule has 1 unspecified atom stereocenters. The Morgan fingerprint density at radius 3 is 2.41 bits per heavy atom. The van der Waals surface area contributed by atoms with E-state index in [4.69, 9.17) is 5.73 Å². The average Bonchev–Trinajstić information content (AvgIpc) is 3.07. The standard InChI is InChI=1S/C18H18N6O2S/c1-11-8-12(2)10-14(9-11)24-18(21-22-23-24)27-15(16(25)20-17(19)26)13-6-4-3-5-7-13/h3-10,15H,1-2H3,(H3,19,20,25,26). The Morgan fingerprint density at radius 2 is 1.78 bits per heavy atom. The predicted molar refractivity (Wildman–Crippen MR) is 101 cm³/mol. The Hall–Kier alpha value is -3.20. The van der Waals surface area contributed by atoms with Crippen LogP contribution in [-0.4, -0.2) is 32.1 Å². The largest absolute Gasteiger partial charge is 0.351 e. The maximum Gasteiger partial charge on any atom is 0.318 e. The molecule has 138 valence electrons. The number of carbonyl (C=O) groups is 2. The Morgan fingerprint density at radius 1 is 1.11 bits per heavy atom. The number of nitrogens with one attached hydrogen (secondary N) is 1. The van der Waals surface area contributed by atoms with Crippen molar-refractivity contribution >= 4 is 23.7 Å². The number of primary amides is 1. The molecule has 3 N–H and O–H groups in total. The summed E-state index contributed by atoms with van der Waals surface area (Å²) in [5, 5.41) is 13.7. The zero-order chi connectivity index (χ0) is 19.4. The van der Waals surface area contributed by atoms with Crippen molar-refractivity contribution in [2.45, 2.75) is 24.3 Å². The molecule has 9 heteroatoms. The molecule has 0 bridgehead atoms. The van der Waals surface area contributed by atoms with Crippen LogP contribution < -0.4 is 11.1 Å². The maximum atomic E-state index is 12.5. The van der Waals surface area contributed by atoms with Crippen LogP contribution in [0.1, 0.15) is 21.9 Å². The van der Waals surface area contributed by atoms with Gasteiger partial charge in [-0.3, -0.25) is 10.1 Å². The molecule has 0 saturated heterocycles. The molecule has 8 nitrogen and oxygen atoms in total. The van der Waals surface area contributed by atoms with E-state index in [0.717, 1.165) is 28.6 Å². The van der Waals surface area contributed by atoms with Crippen molar-refractivity contribution in [2.75, 3.05) is 0 Å². The lowest BCUT2D eigenvalue weighted by molar-refractivity contribution is -0.119. The number of imide groups is 1. The fourth-order valence-corrected chi connectivity index (χ4v) is 3.68. The van der Waals surface area contributed by atoms with Gasteiger partial charge in [-0.1, -0.05) is 48.2 Å². The summed E-state index contributed by atoms with van der Waals surface area (Å²) in [5.74, 6) is -0.534. The molecule has 0 aliphatic carbocycles. The zero-order valence-corrected chi connectivity index (χ0v) is 15.6. The summed E-state index contributed by atoms with van der Waals surface area (Å²) >= 11 is 1.14. The number of amides is 3. The highest BCUT2D eigenvalue weighted by Crippen LogP contribution is 2.35. The second-order valence-electron chi connectivity index (χ2n) is 5.98. The van der Waals surface area contributed by atoms with Crippen LogP contribution in [0.15, 0.2) is 53.7 Å². The summed E-state index contributed by atoms with van der Waals surface area (Å²) in [6.45, 7) is 3.97. The fraction of sp³-hybridized carbons (Fsp3) is 0.167. The van der Waals surface area contributed by atoms with Gasteiger partial charge in [0.1, 0.15) is 5.25 Å². The van der Waals surface area contributed by atoms with Crippen LogP contribution in [0.3, 0.4) is 0 Å². The summed E-state index contributed by atoms with van der Waals surface area (Å²) in [4.78, 5) is 23.7. The third kappa shape index (κ3) is 4.50. The van der Waals surface area contributed by atoms with E-state index in [1.807, 2.05) is 50.2 Å². The average molecular weight is 382 g/mol. The van der Waals surface area contributed by atoms with Crippen LogP contribution in [0.25, 0.3) is 5.69 Å². The first kappa shape index (κ1) is 18.6. The molecule has 3 rings (SSSR count). The number of carbonyl (C=O) groups excluding carboxylic acids is 2. The molecule has 3 aromatic rings. The van der Waals surface area contributed by atoms with Crippen molar-refractivity contribution in [3.8, 4) is 5.69 Å². The van der Waals surface area contributed by atoms with Gasteiger partial charge >= 0.3 is 6.03 Å². The van der Waals surface area contributed by atoms with Gasteiger partial charge in [-0.25, -0.2) is 4.79 Å². The minimum atomic E-state index is -0.907. The van der Waals surface area contributed by atoms with Gasteiger partial charge in [-0.05, 0) is 53.1 Å². The molecule has 0 radical (unpaired) electrons. The number of aryl methyl sites for hydroxylation is 2. The molecular weight excluding hydrogens is 364 g/mol. The fourth-order valence-electron chi connectivity index (χ4n) is 2.68. The summed E-state index contributed by atoms with van der Waals surface area (Å²) in [6, 6.07) is 14.1. The monoisotopic (exact) mass is 382 g/mol. The van der Waals surface area contributed by atoms with E-state index >= 15 is 0 Å². The first-order chi connectivity index (χ1) is 12.9. The topological polar surface area (TPSA) is 116 Å². The Bertz CT molecular complexity index is 953. The van der Waals surface area contributed by atoms with Crippen molar-refractivity contribution in [1.82, 2.24) is 25.5 Å². The zero-order valence-electron chi connectivity index (χ0n) is 14.8. The van der Waals surface area contributed by atoms with Gasteiger partial charge in [0.05, 0.1) is 5.69 Å². The number of thioether (sulfide) groups is 1. The highest BCUT2D eigenvalue weighted by atomic mass is 32.2. The van der Waals surface area contributed by atoms with Gasteiger partial charge < -0.3 is 5.73 Å². The van der Waals surface area contributed by atoms with Crippen molar-refractivity contribution in [3.05, 3.63) is 65.2 Å². The summed E-state index contributed by atoms with van der Waals surface area (Å²) < 4.78 is 1.57. The molecule has 0 saturated carbocycles. The molecule has 2 aromatic carbocycles. The van der Waals surface area contributed by atoms with Crippen molar-refractivity contribution < 1.29 is 9.59 Å². The van der Waals surface area contributed by atoms with Gasteiger partial charge in [-0.2, -0.15) is 4.68 Å². The number of aromatic nitrogens is 4. The van der Waals surface area contributed by atoms with E-state index in [2.05, 4.69) is 20.8 Å². The lowest BCUT2D eigenvalue weighted by Gasteiger charge is -2.15. The van der Waals surface area contributed by atoms with Crippen molar-refractivity contribution in [1.29, 1.82) is 0 Å². The van der Waals surface area contributed by atoms with E-state index in [9.17, 15) is 9.59 Å². The van der Waals surface area contributed by atoms with E-state index in [1.165, 1.54) is 0 Å². The normalized spacial score (nSPS) is 11.8. The van der Waals surface area contributed by atoms with Crippen molar-refractivity contribution in [3.63, 3.8) is 0 Å². The number of benzene rings is 2. The molecule has 0 spiro atoms. The smallest absolute Gasteiger partial charge is 0.318 e. The molecule has 0 fully saturated rings. The Balaban J connectivity index is 1.97. The number of nitrogens with two attached hydrogens (primary N) is 1. The molecule has 3 amide bonds. The van der Waals surface area contributed by atoms with Crippen LogP contribution in [0.4, 0.5) is 4.79 Å². The molecule has 0 aliphatic heterocycles. The third-order valence-electron chi connectivity index (χ3n) is 3.70. The van der Waals surface area contributed by atoms with Crippen LogP contribution >= 0.6 is 11.8 Å². The molecule has 1 aromatic heterocycles. The lowest BCUT2D eigenvalue weighted by atomic mass is 10.1. The Labute approximate surface area is 160 Å². The number of hydrogen-bond acceptors (Lipinski definition) is 6. The van der Waals surface area contributed by atoms with E-state index in [1.54, 1.807) is 16.8 Å². The van der Waals surface area contributed by atoms with Gasteiger partial charge in [-0.15, -0.1) is 5.10 Å². The molecule has 0 aliphatic rings. The first-order valence-corrected chi connectivity index (χ1v) is 9.01. The van der Waals surface area contributed by atoms with E-state index in [0.29, 0.717) is 10.7 Å². The van der Waals surface area contributed by atoms with Crippen LogP contribution in [0.2, 0.25) is 0 Å². The molecule has 27 heavy (non-hydrogen) atoms. The van der Waals surface area contributed by atoms with Gasteiger partial charge in [0.2, 0.25) is 11.1 Å².